The number of piperidine rings is 1. The van der Waals surface area contributed by atoms with Crippen LogP contribution >= 0.6 is 15.9 Å². The van der Waals surface area contributed by atoms with E-state index < -0.39 is 0 Å². The predicted octanol–water partition coefficient (Wildman–Crippen LogP) is 1.62. The predicted molar refractivity (Wildman–Crippen MR) is 68.8 cm³/mol. The largest absolute Gasteiger partial charge is 0.341 e. The van der Waals surface area contributed by atoms with E-state index in [1.165, 1.54) is 17.1 Å². The molecule has 1 saturated heterocycles. The fourth-order valence-corrected chi connectivity index (χ4v) is 2.39. The Morgan fingerprint density at radius 2 is 1.94 bits per heavy atom. The summed E-state index contributed by atoms with van der Waals surface area (Å²) in [5.74, 6) is 0.0323. The van der Waals surface area contributed by atoms with Gasteiger partial charge in [0.25, 0.3) is 5.56 Å². The first-order chi connectivity index (χ1) is 8.16. The van der Waals surface area contributed by atoms with E-state index in [1.54, 1.807) is 12.3 Å². The molecule has 5 heteroatoms. The smallest absolute Gasteiger partial charge is 0.251 e. The number of hydrogen-bond donors (Lipinski definition) is 0. The van der Waals surface area contributed by atoms with Crippen LogP contribution in [-0.2, 0) is 11.3 Å². The molecule has 1 amide bonds. The number of likely N-dealkylation sites (tertiary alicyclic amines) is 1. The van der Waals surface area contributed by atoms with Crippen LogP contribution in [0.25, 0.3) is 0 Å². The van der Waals surface area contributed by atoms with Crippen molar-refractivity contribution in [3.05, 3.63) is 33.2 Å². The molecule has 1 aromatic heterocycles. The van der Waals surface area contributed by atoms with Crippen LogP contribution in [0.15, 0.2) is 27.6 Å². The molecule has 0 unspecified atom stereocenters. The monoisotopic (exact) mass is 298 g/mol. The van der Waals surface area contributed by atoms with Gasteiger partial charge in [0.2, 0.25) is 5.91 Å². The second-order valence-corrected chi connectivity index (χ2v) is 5.17. The molecule has 0 bridgehead atoms. The molecule has 17 heavy (non-hydrogen) atoms. The lowest BCUT2D eigenvalue weighted by atomic mass is 10.1. The normalized spacial score (nSPS) is 15.9. The van der Waals surface area contributed by atoms with Crippen molar-refractivity contribution in [1.29, 1.82) is 0 Å². The average molecular weight is 299 g/mol. The van der Waals surface area contributed by atoms with Crippen LogP contribution in [0.4, 0.5) is 0 Å². The third-order valence-electron chi connectivity index (χ3n) is 2.96. The van der Waals surface area contributed by atoms with E-state index >= 15 is 0 Å². The van der Waals surface area contributed by atoms with Crippen molar-refractivity contribution in [2.75, 3.05) is 13.1 Å². The molecule has 2 heterocycles. The fraction of sp³-hybridized carbons (Fsp3) is 0.500. The first-order valence-corrected chi connectivity index (χ1v) is 6.60. The van der Waals surface area contributed by atoms with Gasteiger partial charge in [-0.1, -0.05) is 0 Å². The summed E-state index contributed by atoms with van der Waals surface area (Å²) in [5.41, 5.74) is -0.140. The number of carbonyl (C=O) groups excluding carboxylic acids is 1. The van der Waals surface area contributed by atoms with Gasteiger partial charge >= 0.3 is 0 Å². The van der Waals surface area contributed by atoms with Crippen molar-refractivity contribution in [3.8, 4) is 0 Å². The Kier molecular flexibility index (Phi) is 3.99. The average Bonchev–Trinajstić information content (AvgIpc) is 2.35. The maximum absolute atomic E-state index is 12.0. The molecule has 1 fully saturated rings. The number of hydrogen-bond acceptors (Lipinski definition) is 2. The van der Waals surface area contributed by atoms with Gasteiger partial charge in [0, 0.05) is 29.8 Å². The molecule has 0 aliphatic carbocycles. The number of amides is 1. The van der Waals surface area contributed by atoms with Crippen molar-refractivity contribution < 1.29 is 4.79 Å². The molecule has 1 aromatic rings. The topological polar surface area (TPSA) is 42.3 Å². The number of rotatable bonds is 2. The van der Waals surface area contributed by atoms with E-state index in [1.807, 2.05) is 4.90 Å². The van der Waals surface area contributed by atoms with Crippen LogP contribution in [0.5, 0.6) is 0 Å². The molecule has 0 radical (unpaired) electrons. The third-order valence-corrected chi connectivity index (χ3v) is 3.43. The Morgan fingerprint density at radius 1 is 1.24 bits per heavy atom. The Bertz CT molecular complexity index is 464. The van der Waals surface area contributed by atoms with E-state index in [4.69, 9.17) is 0 Å². The van der Waals surface area contributed by atoms with Crippen LogP contribution in [0.3, 0.4) is 0 Å². The maximum atomic E-state index is 12.0. The molecule has 0 N–H and O–H groups in total. The lowest BCUT2D eigenvalue weighted by molar-refractivity contribution is -0.132. The van der Waals surface area contributed by atoms with Crippen LogP contribution in [-0.4, -0.2) is 28.5 Å². The van der Waals surface area contributed by atoms with Crippen molar-refractivity contribution in [3.63, 3.8) is 0 Å². The van der Waals surface area contributed by atoms with Crippen LogP contribution in [0.1, 0.15) is 19.3 Å². The van der Waals surface area contributed by atoms with E-state index in [9.17, 15) is 9.59 Å². The zero-order chi connectivity index (χ0) is 12.3. The van der Waals surface area contributed by atoms with Crippen LogP contribution < -0.4 is 5.56 Å². The number of nitrogens with zero attached hydrogens (tertiary/aromatic N) is 2. The van der Waals surface area contributed by atoms with Gasteiger partial charge < -0.3 is 9.47 Å². The van der Waals surface area contributed by atoms with Gasteiger partial charge in [-0.2, -0.15) is 0 Å². The highest BCUT2D eigenvalue weighted by molar-refractivity contribution is 9.10. The number of aromatic nitrogens is 1. The fourth-order valence-electron chi connectivity index (χ4n) is 2.01. The second kappa shape index (κ2) is 5.49. The van der Waals surface area contributed by atoms with Gasteiger partial charge in [0.15, 0.2) is 0 Å². The Hall–Kier alpha value is -1.10. The summed E-state index contributed by atoms with van der Waals surface area (Å²) in [7, 11) is 0. The Labute approximate surface area is 108 Å². The first-order valence-electron chi connectivity index (χ1n) is 5.80. The lowest BCUT2D eigenvalue weighted by Crippen LogP contribution is -2.39. The minimum Gasteiger partial charge on any atom is -0.341 e. The molecule has 0 atom stereocenters. The van der Waals surface area contributed by atoms with Crippen LogP contribution in [0.2, 0.25) is 0 Å². The van der Waals surface area contributed by atoms with Gasteiger partial charge in [-0.3, -0.25) is 9.59 Å². The molecule has 92 valence electrons. The summed E-state index contributed by atoms with van der Waals surface area (Å²) in [6.07, 6.45) is 4.99. The first kappa shape index (κ1) is 12.4. The summed E-state index contributed by atoms with van der Waals surface area (Å²) in [5, 5.41) is 0. The molecular formula is C12H15BrN2O2. The van der Waals surface area contributed by atoms with E-state index in [0.717, 1.165) is 30.4 Å². The van der Waals surface area contributed by atoms with E-state index in [2.05, 4.69) is 15.9 Å². The maximum Gasteiger partial charge on any atom is 0.251 e. The minimum absolute atomic E-state index is 0.0323. The molecule has 0 saturated carbocycles. The summed E-state index contributed by atoms with van der Waals surface area (Å²) < 4.78 is 2.25. The van der Waals surface area contributed by atoms with Crippen molar-refractivity contribution in [1.82, 2.24) is 9.47 Å². The SMILES string of the molecule is O=C(Cn1cc(Br)ccc1=O)N1CCCCC1. The second-order valence-electron chi connectivity index (χ2n) is 4.25. The summed E-state index contributed by atoms with van der Waals surface area (Å²) in [4.78, 5) is 25.4. The lowest BCUT2D eigenvalue weighted by Gasteiger charge is -2.26. The number of halogens is 1. The zero-order valence-corrected chi connectivity index (χ0v) is 11.1. The summed E-state index contributed by atoms with van der Waals surface area (Å²) in [6, 6.07) is 3.15. The van der Waals surface area contributed by atoms with Gasteiger partial charge in [0.05, 0.1) is 0 Å². The standard InChI is InChI=1S/C12H15BrN2O2/c13-10-4-5-11(16)15(8-10)9-12(17)14-6-2-1-3-7-14/h4-5,8H,1-3,6-7,9H2. The Morgan fingerprint density at radius 3 is 2.65 bits per heavy atom. The Balaban J connectivity index is 2.07. The molecule has 0 spiro atoms. The van der Waals surface area contributed by atoms with Gasteiger partial charge in [0.1, 0.15) is 6.54 Å². The quantitative estimate of drug-likeness (QED) is 0.833. The molecule has 2 rings (SSSR count). The van der Waals surface area contributed by atoms with E-state index in [-0.39, 0.29) is 18.0 Å². The zero-order valence-electron chi connectivity index (χ0n) is 9.56. The number of carbonyl (C=O) groups is 1. The molecule has 0 aromatic carbocycles. The minimum atomic E-state index is -0.140. The molecule has 1 aliphatic rings. The highest BCUT2D eigenvalue weighted by Crippen LogP contribution is 2.10. The van der Waals surface area contributed by atoms with Crippen molar-refractivity contribution >= 4 is 21.8 Å². The van der Waals surface area contributed by atoms with Crippen molar-refractivity contribution in [2.24, 2.45) is 0 Å². The highest BCUT2D eigenvalue weighted by Gasteiger charge is 2.16. The summed E-state index contributed by atoms with van der Waals surface area (Å²) >= 11 is 3.30. The van der Waals surface area contributed by atoms with Gasteiger partial charge in [-0.15, -0.1) is 0 Å². The van der Waals surface area contributed by atoms with Crippen LogP contribution in [0, 0.1) is 0 Å². The van der Waals surface area contributed by atoms with E-state index in [0.29, 0.717) is 0 Å². The highest BCUT2D eigenvalue weighted by atomic mass is 79.9. The molecule has 4 nitrogen and oxygen atoms in total. The van der Waals surface area contributed by atoms with Gasteiger partial charge in [-0.25, -0.2) is 0 Å². The molecular weight excluding hydrogens is 284 g/mol. The van der Waals surface area contributed by atoms with Crippen molar-refractivity contribution in [2.45, 2.75) is 25.8 Å². The third kappa shape index (κ3) is 3.19. The molecule has 1 aliphatic heterocycles. The van der Waals surface area contributed by atoms with Gasteiger partial charge in [-0.05, 0) is 41.3 Å². The summed E-state index contributed by atoms with van der Waals surface area (Å²) in [6.45, 7) is 1.78. The number of pyridine rings is 1.